The quantitative estimate of drug-likeness (QED) is 0.0674. The molecule has 2 aromatic carbocycles. The summed E-state index contributed by atoms with van der Waals surface area (Å²) >= 11 is 0. The first-order chi connectivity index (χ1) is 24.4. The summed E-state index contributed by atoms with van der Waals surface area (Å²) in [5.41, 5.74) is 2.90. The van der Waals surface area contributed by atoms with Crippen LogP contribution in [0.1, 0.15) is 58.4 Å². The molecule has 2 aliphatic rings. The topological polar surface area (TPSA) is 87.2 Å². The molecule has 1 aliphatic carbocycles. The molecule has 1 saturated heterocycles. The first-order valence-electron chi connectivity index (χ1n) is 17.1. The molecule has 1 fully saturated rings. The van der Waals surface area contributed by atoms with Crippen molar-refractivity contribution in [1.29, 1.82) is 0 Å². The van der Waals surface area contributed by atoms with E-state index in [9.17, 15) is 14.0 Å². The lowest BCUT2D eigenvalue weighted by molar-refractivity contribution is -0.115. The van der Waals surface area contributed by atoms with Gasteiger partial charge in [-0.15, -0.1) is 6.58 Å². The minimum atomic E-state index is -0.595. The number of ketones is 2. The fraction of sp³-hybridized carbons (Fsp3) is 0.375. The van der Waals surface area contributed by atoms with Gasteiger partial charge in [0.15, 0.2) is 23.1 Å². The Hall–Kier alpha value is -4.51. The highest BCUT2D eigenvalue weighted by molar-refractivity contribution is 6.26. The van der Waals surface area contributed by atoms with E-state index >= 15 is 4.39 Å². The molecule has 264 valence electrons. The van der Waals surface area contributed by atoms with E-state index in [0.717, 1.165) is 51.3 Å². The van der Waals surface area contributed by atoms with Crippen LogP contribution in [0.15, 0.2) is 78.7 Å². The number of allylic oxidation sites excluding steroid dienone is 3. The maximum absolute atomic E-state index is 15.4. The van der Waals surface area contributed by atoms with Crippen molar-refractivity contribution in [3.63, 3.8) is 0 Å². The van der Waals surface area contributed by atoms with Crippen LogP contribution in [-0.4, -0.2) is 74.6 Å². The van der Waals surface area contributed by atoms with Crippen molar-refractivity contribution in [1.82, 2.24) is 9.88 Å². The number of pyridine rings is 1. The Kier molecular flexibility index (Phi) is 13.6. The molecule has 0 unspecified atom stereocenters. The van der Waals surface area contributed by atoms with Crippen LogP contribution in [0, 0.1) is 11.6 Å². The summed E-state index contributed by atoms with van der Waals surface area (Å²) in [6.07, 6.45) is 10.2. The highest BCUT2D eigenvalue weighted by Gasteiger charge is 2.24. The number of hydrogen-bond acceptors (Lipinski definition) is 8. The monoisotopic (exact) mass is 686 g/mol. The van der Waals surface area contributed by atoms with Crippen LogP contribution in [0.3, 0.4) is 0 Å². The molecule has 0 radical (unpaired) electrons. The molecule has 0 saturated carbocycles. The number of aryl methyl sites for hydroxylation is 2. The van der Waals surface area contributed by atoms with Crippen molar-refractivity contribution in [2.24, 2.45) is 0 Å². The van der Waals surface area contributed by atoms with E-state index < -0.39 is 17.4 Å². The molecule has 1 aromatic heterocycles. The fourth-order valence-electron chi connectivity index (χ4n) is 6.08. The second-order valence-electron chi connectivity index (χ2n) is 12.3. The molecule has 2 heterocycles. The van der Waals surface area contributed by atoms with Crippen LogP contribution in [0.5, 0.6) is 11.5 Å². The van der Waals surface area contributed by atoms with Gasteiger partial charge in [-0.2, -0.15) is 0 Å². The number of Topliss-reactive ketones (excluding diaryl/α,β-unsaturated/α-hetero) is 2. The van der Waals surface area contributed by atoms with Gasteiger partial charge in [0, 0.05) is 56.6 Å². The highest BCUT2D eigenvalue weighted by Crippen LogP contribution is 2.31. The van der Waals surface area contributed by atoms with E-state index in [0.29, 0.717) is 54.2 Å². The summed E-state index contributed by atoms with van der Waals surface area (Å²) in [5.74, 6) is -0.888. The average Bonchev–Trinajstić information content (AvgIpc) is 3.11. The SMILES string of the molecule is C=CCc1c(Oc2ccc(CCC(=O)C3=CCCCc4ccc(F)cc4C3=O)cc2F)ccnc1/C=C(\COC)OCCCN1CCOCC1. The molecule has 10 heteroatoms. The number of benzene rings is 2. The zero-order valence-corrected chi connectivity index (χ0v) is 28.6. The van der Waals surface area contributed by atoms with Crippen LogP contribution in [0.2, 0.25) is 0 Å². The lowest BCUT2D eigenvalue weighted by Crippen LogP contribution is -2.37. The number of morpholine rings is 1. The maximum Gasteiger partial charge on any atom is 0.196 e. The Morgan fingerprint density at radius 1 is 1.10 bits per heavy atom. The van der Waals surface area contributed by atoms with E-state index in [1.54, 1.807) is 43.7 Å². The lowest BCUT2D eigenvalue weighted by Gasteiger charge is -2.26. The van der Waals surface area contributed by atoms with Gasteiger partial charge in [0.2, 0.25) is 0 Å². The third-order valence-electron chi connectivity index (χ3n) is 8.71. The molecule has 0 amide bonds. The van der Waals surface area contributed by atoms with Crippen LogP contribution >= 0.6 is 0 Å². The first kappa shape index (κ1) is 36.8. The summed E-state index contributed by atoms with van der Waals surface area (Å²) in [7, 11) is 1.60. The number of ether oxygens (including phenoxy) is 4. The third-order valence-corrected chi connectivity index (χ3v) is 8.71. The number of halogens is 2. The van der Waals surface area contributed by atoms with Gasteiger partial charge in [-0.3, -0.25) is 19.5 Å². The zero-order valence-electron chi connectivity index (χ0n) is 28.6. The van der Waals surface area contributed by atoms with Gasteiger partial charge in [-0.1, -0.05) is 24.3 Å². The summed E-state index contributed by atoms with van der Waals surface area (Å²) in [6, 6.07) is 10.4. The zero-order chi connectivity index (χ0) is 35.3. The molecule has 1 aliphatic heterocycles. The second-order valence-corrected chi connectivity index (χ2v) is 12.3. The van der Waals surface area contributed by atoms with E-state index in [1.165, 1.54) is 24.3 Å². The van der Waals surface area contributed by atoms with Gasteiger partial charge in [-0.05, 0) is 80.0 Å². The number of aromatic nitrogens is 1. The summed E-state index contributed by atoms with van der Waals surface area (Å²) in [4.78, 5) is 33.3. The Morgan fingerprint density at radius 2 is 1.94 bits per heavy atom. The van der Waals surface area contributed by atoms with E-state index in [-0.39, 0.29) is 42.1 Å². The standard InChI is InChI=1S/C40H44F2N2O6/c1-3-7-32-36(26-31(27-47-2)49-21-6-18-44-19-22-48-23-20-44)43-17-16-38(32)50-39-15-11-28(24-35(39)42)10-14-37(45)33-9-5-4-8-29-12-13-30(41)25-34(29)40(33)46/h3,9,11-13,15-17,24-26H,1,4-8,10,14,18-23,27H2,2H3/b31-26+,33-9?. The van der Waals surface area contributed by atoms with E-state index in [4.69, 9.17) is 18.9 Å². The largest absolute Gasteiger partial charge is 0.495 e. The summed E-state index contributed by atoms with van der Waals surface area (Å²) in [6.45, 7) is 8.92. The molecule has 0 atom stereocenters. The van der Waals surface area contributed by atoms with Crippen molar-refractivity contribution < 1.29 is 37.3 Å². The molecule has 0 bridgehead atoms. The minimum absolute atomic E-state index is 0.00446. The molecular formula is C40H44F2N2O6. The summed E-state index contributed by atoms with van der Waals surface area (Å²) < 4.78 is 52.3. The smallest absolute Gasteiger partial charge is 0.196 e. The molecule has 0 spiro atoms. The number of nitrogens with zero attached hydrogens (tertiary/aromatic N) is 2. The Labute approximate surface area is 292 Å². The molecule has 5 rings (SSSR count). The lowest BCUT2D eigenvalue weighted by atomic mass is 9.88. The van der Waals surface area contributed by atoms with Gasteiger partial charge in [-0.25, -0.2) is 8.78 Å². The number of carbonyl (C=O) groups is 2. The molecule has 50 heavy (non-hydrogen) atoms. The normalized spacial score (nSPS) is 15.5. The number of hydrogen-bond donors (Lipinski definition) is 0. The minimum Gasteiger partial charge on any atom is -0.495 e. The second kappa shape index (κ2) is 18.5. The highest BCUT2D eigenvalue weighted by atomic mass is 19.1. The van der Waals surface area contributed by atoms with Gasteiger partial charge in [0.05, 0.1) is 31.1 Å². The van der Waals surface area contributed by atoms with Crippen molar-refractivity contribution in [3.05, 3.63) is 118 Å². The van der Waals surface area contributed by atoms with E-state index in [1.807, 2.05) is 6.08 Å². The van der Waals surface area contributed by atoms with E-state index in [2.05, 4.69) is 16.5 Å². The maximum atomic E-state index is 15.4. The predicted molar refractivity (Wildman–Crippen MR) is 187 cm³/mol. The van der Waals surface area contributed by atoms with Gasteiger partial charge in [0.25, 0.3) is 0 Å². The number of rotatable bonds is 16. The Balaban J connectivity index is 1.24. The first-order valence-corrected chi connectivity index (χ1v) is 17.1. The summed E-state index contributed by atoms with van der Waals surface area (Å²) in [5, 5.41) is 0. The molecular weight excluding hydrogens is 642 g/mol. The van der Waals surface area contributed by atoms with Gasteiger partial charge in [0.1, 0.15) is 23.9 Å². The number of fused-ring (bicyclic) bond motifs is 1. The number of methoxy groups -OCH3 is 1. The van der Waals surface area contributed by atoms with Crippen LogP contribution in [0.4, 0.5) is 8.78 Å². The van der Waals surface area contributed by atoms with Crippen molar-refractivity contribution in [2.75, 3.05) is 53.2 Å². The van der Waals surface area contributed by atoms with Gasteiger partial charge >= 0.3 is 0 Å². The van der Waals surface area contributed by atoms with Crippen LogP contribution in [-0.2, 0) is 38.3 Å². The van der Waals surface area contributed by atoms with Crippen molar-refractivity contribution in [3.8, 4) is 11.5 Å². The average molecular weight is 687 g/mol. The fourth-order valence-corrected chi connectivity index (χ4v) is 6.08. The predicted octanol–water partition coefficient (Wildman–Crippen LogP) is 7.25. The van der Waals surface area contributed by atoms with Crippen molar-refractivity contribution in [2.45, 2.75) is 44.9 Å². The Bertz CT molecular complexity index is 1730. The van der Waals surface area contributed by atoms with Crippen LogP contribution < -0.4 is 4.74 Å². The molecule has 0 N–H and O–H groups in total. The van der Waals surface area contributed by atoms with Crippen molar-refractivity contribution >= 4 is 17.6 Å². The Morgan fingerprint density at radius 3 is 2.72 bits per heavy atom. The third kappa shape index (κ3) is 10.0. The molecule has 3 aromatic rings. The number of carbonyl (C=O) groups excluding carboxylic acids is 2. The molecule has 8 nitrogen and oxygen atoms in total. The van der Waals surface area contributed by atoms with Crippen LogP contribution in [0.25, 0.3) is 6.08 Å². The van der Waals surface area contributed by atoms with Gasteiger partial charge < -0.3 is 18.9 Å².